The minimum atomic E-state index is 0.210. The summed E-state index contributed by atoms with van der Waals surface area (Å²) >= 11 is 0. The van der Waals surface area contributed by atoms with Crippen molar-refractivity contribution in [1.82, 2.24) is 0 Å². The molecule has 0 unspecified atom stereocenters. The van der Waals surface area contributed by atoms with E-state index in [2.05, 4.69) is 23.3 Å². The van der Waals surface area contributed by atoms with Crippen LogP contribution in [0, 0.1) is 4.91 Å². The lowest BCUT2D eigenvalue weighted by Crippen LogP contribution is -1.96. The van der Waals surface area contributed by atoms with Crippen LogP contribution in [-0.2, 0) is 0 Å². The molecule has 0 aromatic heterocycles. The predicted molar refractivity (Wildman–Crippen MR) is 79.5 cm³/mol. The summed E-state index contributed by atoms with van der Waals surface area (Å²) in [4.78, 5) is 14.8. The summed E-state index contributed by atoms with van der Waals surface area (Å²) < 4.78 is 0. The van der Waals surface area contributed by atoms with Gasteiger partial charge in [-0.2, -0.15) is 0 Å². The van der Waals surface area contributed by atoms with Crippen LogP contribution in [0.15, 0.2) is 70.2 Å². The highest BCUT2D eigenvalue weighted by molar-refractivity contribution is 6.01. The van der Waals surface area contributed by atoms with E-state index >= 15 is 0 Å². The third-order valence-corrected chi connectivity index (χ3v) is 2.53. The second-order valence-corrected chi connectivity index (χ2v) is 3.80. The van der Waals surface area contributed by atoms with Crippen LogP contribution in [0.2, 0.25) is 0 Å². The quantitative estimate of drug-likeness (QED) is 0.379. The van der Waals surface area contributed by atoms with Gasteiger partial charge in [-0.1, -0.05) is 37.5 Å². The minimum Gasteiger partial charge on any atom is -0.258 e. The Labute approximate surface area is 109 Å². The molecule has 0 amide bonds. The summed E-state index contributed by atoms with van der Waals surface area (Å²) in [7, 11) is 0. The van der Waals surface area contributed by atoms with Crippen molar-refractivity contribution in [2.45, 2.75) is 27.7 Å². The summed E-state index contributed by atoms with van der Waals surface area (Å²) in [6, 6.07) is 0. The SMILES string of the molecule is C=CC(=C\C=C/C)/C(C)=N/C(C)=C(\C)C(=C)N=O. The Hall–Kier alpha value is -2.03. The maximum absolute atomic E-state index is 10.4. The Morgan fingerprint density at radius 1 is 1.22 bits per heavy atom. The topological polar surface area (TPSA) is 41.8 Å². The highest BCUT2D eigenvalue weighted by Gasteiger charge is 2.02. The molecule has 0 heterocycles. The molecule has 0 saturated carbocycles. The normalized spacial score (nSPS) is 14.4. The molecule has 0 rings (SSSR count). The van der Waals surface area contributed by atoms with E-state index in [-0.39, 0.29) is 5.70 Å². The van der Waals surface area contributed by atoms with E-state index in [4.69, 9.17) is 0 Å². The third-order valence-electron chi connectivity index (χ3n) is 2.53. The molecule has 0 fully saturated rings. The summed E-state index contributed by atoms with van der Waals surface area (Å²) in [6.07, 6.45) is 7.53. The van der Waals surface area contributed by atoms with Crippen molar-refractivity contribution in [2.24, 2.45) is 10.2 Å². The van der Waals surface area contributed by atoms with Gasteiger partial charge >= 0.3 is 0 Å². The lowest BCUT2D eigenvalue weighted by atomic mass is 10.1. The monoisotopic (exact) mass is 244 g/mol. The van der Waals surface area contributed by atoms with E-state index in [0.29, 0.717) is 5.57 Å². The van der Waals surface area contributed by atoms with E-state index in [1.54, 1.807) is 13.0 Å². The van der Waals surface area contributed by atoms with Gasteiger partial charge in [0.2, 0.25) is 0 Å². The lowest BCUT2D eigenvalue weighted by Gasteiger charge is -2.04. The molecule has 0 atom stereocenters. The van der Waals surface area contributed by atoms with Crippen LogP contribution in [0.4, 0.5) is 0 Å². The first-order chi connectivity index (χ1) is 8.47. The van der Waals surface area contributed by atoms with Crippen molar-refractivity contribution in [3.63, 3.8) is 0 Å². The first-order valence-corrected chi connectivity index (χ1v) is 5.69. The van der Waals surface area contributed by atoms with Crippen LogP contribution in [0.3, 0.4) is 0 Å². The molecule has 0 aromatic carbocycles. The largest absolute Gasteiger partial charge is 0.258 e. The third kappa shape index (κ3) is 4.87. The second-order valence-electron chi connectivity index (χ2n) is 3.80. The molecule has 18 heavy (non-hydrogen) atoms. The molecule has 0 aromatic rings. The first kappa shape index (κ1) is 16.0. The second kappa shape index (κ2) is 8.12. The molecule has 0 saturated heterocycles. The van der Waals surface area contributed by atoms with Gasteiger partial charge in [0.15, 0.2) is 0 Å². The molecular weight excluding hydrogens is 224 g/mol. The summed E-state index contributed by atoms with van der Waals surface area (Å²) in [5.74, 6) is 0. The Bertz CT molecular complexity index is 463. The molecular formula is C15H20N2O. The fraction of sp³-hybridized carbons (Fsp3) is 0.267. The van der Waals surface area contributed by atoms with Crippen molar-refractivity contribution >= 4 is 5.71 Å². The Kier molecular flexibility index (Phi) is 7.20. The number of allylic oxidation sites excluding steroid dienone is 7. The first-order valence-electron chi connectivity index (χ1n) is 5.69. The van der Waals surface area contributed by atoms with Gasteiger partial charge in [0.25, 0.3) is 0 Å². The van der Waals surface area contributed by atoms with Gasteiger partial charge in [-0.25, -0.2) is 0 Å². The van der Waals surface area contributed by atoms with Gasteiger partial charge in [0.1, 0.15) is 5.70 Å². The van der Waals surface area contributed by atoms with E-state index in [1.807, 2.05) is 39.0 Å². The van der Waals surface area contributed by atoms with Gasteiger partial charge in [-0.05, 0) is 44.0 Å². The summed E-state index contributed by atoms with van der Waals surface area (Å²) in [5.41, 5.74) is 3.40. The average molecular weight is 244 g/mol. The van der Waals surface area contributed by atoms with E-state index < -0.39 is 0 Å². The maximum atomic E-state index is 10.4. The molecule has 0 aliphatic rings. The van der Waals surface area contributed by atoms with Crippen molar-refractivity contribution in [2.75, 3.05) is 0 Å². The Balaban J connectivity index is 5.37. The minimum absolute atomic E-state index is 0.210. The van der Waals surface area contributed by atoms with Gasteiger partial charge in [0.05, 0.1) is 0 Å². The number of nitroso groups, excluding NO2 is 1. The number of hydrogen-bond donors (Lipinski definition) is 0. The van der Waals surface area contributed by atoms with Gasteiger partial charge in [0, 0.05) is 11.4 Å². The van der Waals surface area contributed by atoms with Crippen LogP contribution in [0.5, 0.6) is 0 Å². The molecule has 0 aliphatic carbocycles. The fourth-order valence-corrected chi connectivity index (χ4v) is 1.21. The fourth-order valence-electron chi connectivity index (χ4n) is 1.21. The molecule has 0 bridgehead atoms. The van der Waals surface area contributed by atoms with Crippen LogP contribution >= 0.6 is 0 Å². The molecule has 0 spiro atoms. The number of aliphatic imine (C=N–C) groups is 1. The number of nitrogens with zero attached hydrogens (tertiary/aromatic N) is 2. The van der Waals surface area contributed by atoms with Crippen LogP contribution in [0.1, 0.15) is 27.7 Å². The Morgan fingerprint density at radius 2 is 1.83 bits per heavy atom. The zero-order valence-corrected chi connectivity index (χ0v) is 11.5. The van der Waals surface area contributed by atoms with E-state index in [0.717, 1.165) is 17.0 Å². The molecule has 0 N–H and O–H groups in total. The molecule has 3 heteroatoms. The van der Waals surface area contributed by atoms with Crippen LogP contribution in [-0.4, -0.2) is 5.71 Å². The van der Waals surface area contributed by atoms with Gasteiger partial charge in [-0.3, -0.25) is 4.99 Å². The zero-order chi connectivity index (χ0) is 14.1. The van der Waals surface area contributed by atoms with Crippen LogP contribution in [0.25, 0.3) is 0 Å². The molecule has 0 aliphatic heterocycles. The highest BCUT2D eigenvalue weighted by atomic mass is 16.3. The number of hydrogen-bond acceptors (Lipinski definition) is 3. The average Bonchev–Trinajstić information content (AvgIpc) is 2.37. The Morgan fingerprint density at radius 3 is 2.28 bits per heavy atom. The predicted octanol–water partition coefficient (Wildman–Crippen LogP) is 4.71. The lowest BCUT2D eigenvalue weighted by molar-refractivity contribution is 1.16. The highest BCUT2D eigenvalue weighted by Crippen LogP contribution is 2.15. The zero-order valence-electron chi connectivity index (χ0n) is 11.5. The molecule has 3 nitrogen and oxygen atoms in total. The van der Waals surface area contributed by atoms with Crippen molar-refractivity contribution in [3.05, 3.63) is 64.9 Å². The van der Waals surface area contributed by atoms with Crippen LogP contribution < -0.4 is 0 Å². The van der Waals surface area contributed by atoms with Gasteiger partial charge < -0.3 is 0 Å². The standard InChI is InChI=1S/C15H20N2O/c1-7-9-10-15(8-2)14(6)16-12(4)11(3)13(5)17-18/h7-10H,2,5H2,1,3-4,6H3/b9-7-,12-11+,15-10+,16-14+. The van der Waals surface area contributed by atoms with E-state index in [9.17, 15) is 4.91 Å². The van der Waals surface area contributed by atoms with Crippen molar-refractivity contribution in [3.8, 4) is 0 Å². The smallest absolute Gasteiger partial charge is 0.105 e. The maximum Gasteiger partial charge on any atom is 0.105 e. The summed E-state index contributed by atoms with van der Waals surface area (Å²) in [5, 5.41) is 2.81. The van der Waals surface area contributed by atoms with Crippen molar-refractivity contribution in [1.29, 1.82) is 0 Å². The molecule has 0 radical (unpaired) electrons. The van der Waals surface area contributed by atoms with Gasteiger partial charge in [-0.15, -0.1) is 4.91 Å². The van der Waals surface area contributed by atoms with E-state index in [1.165, 1.54) is 0 Å². The summed E-state index contributed by atoms with van der Waals surface area (Å²) in [6.45, 7) is 14.8. The molecule has 96 valence electrons. The number of rotatable bonds is 6. The van der Waals surface area contributed by atoms with Crippen molar-refractivity contribution < 1.29 is 0 Å².